The van der Waals surface area contributed by atoms with Crippen molar-refractivity contribution in [3.05, 3.63) is 48.6 Å². The number of benzene rings is 1. The predicted molar refractivity (Wildman–Crippen MR) is 157 cm³/mol. The van der Waals surface area contributed by atoms with E-state index in [-0.39, 0.29) is 11.2 Å². The lowest BCUT2D eigenvalue weighted by Gasteiger charge is -2.62. The molecule has 2 spiro atoms. The zero-order chi connectivity index (χ0) is 28.5. The Hall–Kier alpha value is -3.24. The molecule has 3 saturated heterocycles. The number of anilines is 1. The number of likely N-dealkylation sites (tertiary alicyclic amines) is 1. The fourth-order valence-electron chi connectivity index (χ4n) is 8.40. The van der Waals surface area contributed by atoms with Crippen molar-refractivity contribution in [2.45, 2.75) is 57.9 Å². The van der Waals surface area contributed by atoms with Gasteiger partial charge in [0, 0.05) is 74.0 Å². The quantitative estimate of drug-likeness (QED) is 0.415. The summed E-state index contributed by atoms with van der Waals surface area (Å²) in [6.45, 7) is 11.3. The van der Waals surface area contributed by atoms with Gasteiger partial charge in [0.25, 0.3) is 5.88 Å². The third-order valence-corrected chi connectivity index (χ3v) is 10.5. The second kappa shape index (κ2) is 9.91. The van der Waals surface area contributed by atoms with Crippen LogP contribution >= 0.6 is 0 Å². The van der Waals surface area contributed by atoms with Gasteiger partial charge < -0.3 is 15.0 Å². The summed E-state index contributed by atoms with van der Waals surface area (Å²) in [4.78, 5) is 18.5. The summed E-state index contributed by atoms with van der Waals surface area (Å²) in [5.41, 5.74) is 3.24. The second-order valence-electron chi connectivity index (χ2n) is 14.0. The van der Waals surface area contributed by atoms with Gasteiger partial charge in [-0.2, -0.15) is 0 Å². The van der Waals surface area contributed by atoms with Gasteiger partial charge in [-0.3, -0.25) is 4.90 Å². The smallest absolute Gasteiger partial charge is 0.282 e. The molecule has 2 aromatic heterocycles. The summed E-state index contributed by atoms with van der Waals surface area (Å²) < 4.78 is 20.9. The maximum atomic E-state index is 14.5. The Bertz CT molecular complexity index is 1480. The molecule has 1 aromatic carbocycles. The zero-order valence-electron chi connectivity index (χ0n) is 24.5. The van der Waals surface area contributed by atoms with Gasteiger partial charge in [-0.25, -0.2) is 19.3 Å². The number of hydrogen-bond donors (Lipinski definition) is 1. The molecule has 5 fully saturated rings. The largest absolute Gasteiger partial charge is 0.434 e. The molecule has 3 aliphatic heterocycles. The molecule has 220 valence electrons. The Morgan fingerprint density at radius 2 is 1.86 bits per heavy atom. The highest BCUT2D eigenvalue weighted by molar-refractivity contribution is 5.73. The summed E-state index contributed by atoms with van der Waals surface area (Å²) in [5, 5.41) is 11.9. The molecule has 0 radical (unpaired) electrons. The Morgan fingerprint density at radius 3 is 2.60 bits per heavy atom. The van der Waals surface area contributed by atoms with E-state index in [9.17, 15) is 4.39 Å². The zero-order valence-corrected chi connectivity index (χ0v) is 24.5. The third-order valence-electron chi connectivity index (χ3n) is 10.5. The van der Waals surface area contributed by atoms with Gasteiger partial charge in [-0.05, 0) is 67.6 Å². The normalized spacial score (nSPS) is 23.6. The van der Waals surface area contributed by atoms with Crippen molar-refractivity contribution in [3.63, 3.8) is 0 Å². The summed E-state index contributed by atoms with van der Waals surface area (Å²) in [6, 6.07) is 5.23. The van der Waals surface area contributed by atoms with Crippen molar-refractivity contribution in [1.29, 1.82) is 0 Å². The van der Waals surface area contributed by atoms with Crippen LogP contribution in [0, 0.1) is 28.5 Å². The first-order valence-electron chi connectivity index (χ1n) is 15.6. The lowest BCUT2D eigenvalue weighted by Crippen LogP contribution is -2.68. The van der Waals surface area contributed by atoms with Crippen molar-refractivity contribution >= 4 is 5.82 Å². The Balaban J connectivity index is 0.994. The van der Waals surface area contributed by atoms with E-state index in [4.69, 9.17) is 4.74 Å². The molecule has 10 heteroatoms. The average Bonchev–Trinajstić information content (AvgIpc) is 3.68. The van der Waals surface area contributed by atoms with Gasteiger partial charge in [0.15, 0.2) is 5.82 Å². The first-order valence-corrected chi connectivity index (χ1v) is 15.6. The SMILES string of the molecule is CC(C)[C@@H](C1CC2(CNC2)C1)N1CC2(CCN(c3ncnnc3Oc3ccc(F)cc3-c3cncnc3C3CC3)C2)C1. The minimum atomic E-state index is -0.336. The summed E-state index contributed by atoms with van der Waals surface area (Å²) in [6.07, 6.45) is 10.9. The summed E-state index contributed by atoms with van der Waals surface area (Å²) in [7, 11) is 0. The van der Waals surface area contributed by atoms with E-state index in [0.29, 0.717) is 46.3 Å². The van der Waals surface area contributed by atoms with Crippen LogP contribution in [-0.2, 0) is 0 Å². The number of aromatic nitrogens is 5. The number of nitrogens with one attached hydrogen (secondary N) is 1. The predicted octanol–water partition coefficient (Wildman–Crippen LogP) is 4.67. The molecule has 8 rings (SSSR count). The molecular weight excluding hydrogens is 531 g/mol. The van der Waals surface area contributed by atoms with Gasteiger partial charge in [0.1, 0.15) is 24.2 Å². The van der Waals surface area contributed by atoms with Gasteiger partial charge in [-0.1, -0.05) is 13.8 Å². The molecule has 0 bridgehead atoms. The molecule has 1 N–H and O–H groups in total. The van der Waals surface area contributed by atoms with Crippen molar-refractivity contribution in [2.75, 3.05) is 44.2 Å². The highest BCUT2D eigenvalue weighted by Gasteiger charge is 2.56. The molecule has 0 amide bonds. The highest BCUT2D eigenvalue weighted by atomic mass is 19.1. The van der Waals surface area contributed by atoms with Crippen molar-refractivity contribution in [3.8, 4) is 22.8 Å². The number of rotatable bonds is 8. The lowest BCUT2D eigenvalue weighted by molar-refractivity contribution is -0.107. The summed E-state index contributed by atoms with van der Waals surface area (Å²) in [5.74, 6) is 3.08. The van der Waals surface area contributed by atoms with E-state index in [1.165, 1.54) is 44.4 Å². The standard InChI is InChI=1S/C32H39FN8O/c1-20(2)28(22-10-32(11-22)13-35-14-32)41-16-31(17-41)7-8-40(15-31)29-30(39-38-19-37-29)42-26-6-5-23(33)9-24(26)25-12-34-18-36-27(25)21-3-4-21/h5-6,9,12,18-22,28,35H,3-4,7-8,10-11,13-17H2,1-2H3/t28-/m0/s1. The number of hydrogen-bond acceptors (Lipinski definition) is 9. The first-order chi connectivity index (χ1) is 20.4. The van der Waals surface area contributed by atoms with Gasteiger partial charge >= 0.3 is 0 Å². The topological polar surface area (TPSA) is 92.2 Å². The number of nitrogens with zero attached hydrogens (tertiary/aromatic N) is 7. The maximum absolute atomic E-state index is 14.5. The van der Waals surface area contributed by atoms with E-state index >= 15 is 0 Å². The molecule has 2 saturated carbocycles. The number of ether oxygens (including phenoxy) is 1. The Labute approximate surface area is 246 Å². The Kier molecular flexibility index (Phi) is 6.23. The van der Waals surface area contributed by atoms with E-state index in [0.717, 1.165) is 62.6 Å². The van der Waals surface area contributed by atoms with Crippen LogP contribution in [0.5, 0.6) is 11.6 Å². The summed E-state index contributed by atoms with van der Waals surface area (Å²) >= 11 is 0. The molecule has 42 heavy (non-hydrogen) atoms. The van der Waals surface area contributed by atoms with E-state index in [2.05, 4.69) is 54.1 Å². The van der Waals surface area contributed by atoms with Crippen LogP contribution in [0.1, 0.15) is 57.6 Å². The fraction of sp³-hybridized carbons (Fsp3) is 0.594. The molecule has 1 atom stereocenters. The molecule has 2 aliphatic carbocycles. The highest BCUT2D eigenvalue weighted by Crippen LogP contribution is 2.54. The van der Waals surface area contributed by atoms with Crippen molar-refractivity contribution in [1.82, 2.24) is 35.4 Å². The molecule has 5 heterocycles. The molecule has 0 unspecified atom stereocenters. The average molecular weight is 571 g/mol. The minimum absolute atomic E-state index is 0.274. The minimum Gasteiger partial charge on any atom is -0.434 e. The van der Waals surface area contributed by atoms with E-state index < -0.39 is 0 Å². The van der Waals surface area contributed by atoms with Crippen LogP contribution in [0.25, 0.3) is 11.1 Å². The van der Waals surface area contributed by atoms with E-state index in [1.54, 1.807) is 18.6 Å². The van der Waals surface area contributed by atoms with Crippen molar-refractivity contribution in [2.24, 2.45) is 22.7 Å². The van der Waals surface area contributed by atoms with Crippen LogP contribution in [0.15, 0.2) is 37.1 Å². The van der Waals surface area contributed by atoms with Crippen LogP contribution in [0.2, 0.25) is 0 Å². The van der Waals surface area contributed by atoms with Gasteiger partial charge in [0.2, 0.25) is 0 Å². The van der Waals surface area contributed by atoms with Gasteiger partial charge in [0.05, 0.1) is 5.69 Å². The lowest BCUT2D eigenvalue weighted by atomic mass is 9.55. The van der Waals surface area contributed by atoms with Crippen molar-refractivity contribution < 1.29 is 9.13 Å². The second-order valence-corrected chi connectivity index (χ2v) is 14.0. The molecule has 9 nitrogen and oxygen atoms in total. The third kappa shape index (κ3) is 4.54. The molecule has 5 aliphatic rings. The van der Waals surface area contributed by atoms with Crippen LogP contribution < -0.4 is 15.0 Å². The van der Waals surface area contributed by atoms with Gasteiger partial charge in [-0.15, -0.1) is 10.2 Å². The van der Waals surface area contributed by atoms with Crippen LogP contribution in [0.4, 0.5) is 10.2 Å². The number of halogens is 1. The first kappa shape index (κ1) is 26.4. The molecule has 3 aromatic rings. The van der Waals surface area contributed by atoms with Crippen LogP contribution in [0.3, 0.4) is 0 Å². The maximum Gasteiger partial charge on any atom is 0.282 e. The molecular formula is C32H39FN8O. The fourth-order valence-corrected chi connectivity index (χ4v) is 8.40. The van der Waals surface area contributed by atoms with Crippen LogP contribution in [-0.4, -0.2) is 75.4 Å². The monoisotopic (exact) mass is 570 g/mol. The van der Waals surface area contributed by atoms with E-state index in [1.807, 2.05) is 0 Å². The Morgan fingerprint density at radius 1 is 1.02 bits per heavy atom.